The maximum atomic E-state index is 12.4. The molecule has 0 aliphatic rings. The minimum atomic E-state index is -4.58. The summed E-state index contributed by atoms with van der Waals surface area (Å²) < 4.78 is 37.0. The van der Waals surface area contributed by atoms with Crippen LogP contribution >= 0.6 is 34.8 Å². The molecule has 1 rings (SSSR count). The van der Waals surface area contributed by atoms with Crippen molar-refractivity contribution < 1.29 is 13.2 Å². The van der Waals surface area contributed by atoms with Gasteiger partial charge in [0.25, 0.3) is 0 Å². The Labute approximate surface area is 102 Å². The normalized spacial score (nSPS) is 12.0. The van der Waals surface area contributed by atoms with Crippen LogP contribution < -0.4 is 4.24 Å². The molecule has 1 aromatic heterocycles. The van der Waals surface area contributed by atoms with E-state index in [0.29, 0.717) is 0 Å². The van der Waals surface area contributed by atoms with Gasteiger partial charge in [-0.25, -0.2) is 0 Å². The first-order valence-electron chi connectivity index (χ1n) is 3.33. The maximum absolute atomic E-state index is 12.4. The molecule has 0 aliphatic carbocycles. The van der Waals surface area contributed by atoms with E-state index >= 15 is 0 Å². The molecule has 0 unspecified atom stereocenters. The van der Waals surface area contributed by atoms with Gasteiger partial charge < -0.3 is 0 Å². The third-order valence-corrected chi connectivity index (χ3v) is 2.68. The second kappa shape index (κ2) is 4.11. The van der Waals surface area contributed by atoms with E-state index in [0.717, 1.165) is 0 Å². The molecule has 0 amide bonds. The zero-order valence-corrected chi connectivity index (χ0v) is 8.98. The van der Waals surface area contributed by atoms with Gasteiger partial charge >= 0.3 is 102 Å². The molecule has 0 radical (unpaired) electrons. The van der Waals surface area contributed by atoms with Crippen molar-refractivity contribution in [3.05, 3.63) is 20.9 Å². The number of halogens is 6. The summed E-state index contributed by atoms with van der Waals surface area (Å²) in [6.07, 6.45) is -4.58. The molecule has 1 nitrogen and oxygen atoms in total. The number of aromatic nitrogens is 1. The Morgan fingerprint density at radius 1 is 1.07 bits per heavy atom. The molecule has 0 spiro atoms. The van der Waals surface area contributed by atoms with Crippen molar-refractivity contribution in [2.45, 2.75) is 6.18 Å². The molecule has 0 N–H and O–H groups in total. The zero-order chi connectivity index (χ0) is 11.1. The van der Waals surface area contributed by atoms with Gasteiger partial charge in [0.05, 0.1) is 0 Å². The fourth-order valence-electron chi connectivity index (χ4n) is 0.940. The van der Waals surface area contributed by atoms with Crippen LogP contribution in [0.2, 0.25) is 15.3 Å². The standard InChI is InChI=1S/C6Cl3F3N.Li/c7-3-1-2(6(10,11)12)4(8)13-5(3)9;. The Morgan fingerprint density at radius 3 is 2.00 bits per heavy atom. The fraction of sp³-hybridized carbons (Fsp3) is 0.167. The van der Waals surface area contributed by atoms with Gasteiger partial charge in [0.15, 0.2) is 0 Å². The first-order chi connectivity index (χ1) is 6.25. The van der Waals surface area contributed by atoms with Crippen molar-refractivity contribution in [1.82, 2.24) is 4.98 Å². The Hall–Kier alpha value is 0.407. The molecule has 0 atom stereocenters. The minimum absolute atomic E-state index is 0.218. The van der Waals surface area contributed by atoms with Gasteiger partial charge in [-0.1, -0.05) is 0 Å². The summed E-state index contributed by atoms with van der Waals surface area (Å²) in [6, 6.07) is 0. The van der Waals surface area contributed by atoms with Crippen LogP contribution in [0.5, 0.6) is 0 Å². The first kappa shape index (κ1) is 12.5. The molecular weight excluding hydrogens is 256 g/mol. The number of hydrogen-bond acceptors (Lipinski definition) is 1. The van der Waals surface area contributed by atoms with Crippen molar-refractivity contribution in [2.24, 2.45) is 0 Å². The molecule has 0 aromatic carbocycles. The SMILES string of the molecule is [Li][c]1c(Cl)c(Cl)nc(Cl)c1C(F)(F)F. The Balaban J connectivity index is 3.53. The summed E-state index contributed by atoms with van der Waals surface area (Å²) in [6.45, 7) is 0. The molecule has 0 fully saturated rings. The van der Waals surface area contributed by atoms with Crippen LogP contribution in [-0.4, -0.2) is 22.7 Å². The van der Waals surface area contributed by atoms with Gasteiger partial charge in [0.1, 0.15) is 0 Å². The first-order valence-corrected chi connectivity index (χ1v) is 4.47. The van der Waals surface area contributed by atoms with Gasteiger partial charge in [-0.3, -0.25) is 0 Å². The molecule has 0 saturated heterocycles. The summed E-state index contributed by atoms with van der Waals surface area (Å²) in [7, 11) is 0. The van der Waals surface area contributed by atoms with E-state index < -0.39 is 16.9 Å². The molecule has 0 aliphatic heterocycles. The summed E-state index contributed by atoms with van der Waals surface area (Å²) >= 11 is 17.5. The number of hydrogen-bond donors (Lipinski definition) is 0. The Kier molecular flexibility index (Phi) is 3.66. The monoisotopic (exact) mass is 255 g/mol. The van der Waals surface area contributed by atoms with Crippen LogP contribution in [0, 0.1) is 0 Å². The van der Waals surface area contributed by atoms with Crippen LogP contribution in [0.4, 0.5) is 13.2 Å². The molecule has 1 heterocycles. The summed E-state index contributed by atoms with van der Waals surface area (Å²) in [5.41, 5.74) is -1.05. The van der Waals surface area contributed by atoms with Crippen molar-refractivity contribution in [1.29, 1.82) is 0 Å². The van der Waals surface area contributed by atoms with E-state index in [1.54, 1.807) is 0 Å². The number of rotatable bonds is 0. The molecule has 8 heteroatoms. The third-order valence-electron chi connectivity index (χ3n) is 1.57. The molecular formula is C6Cl3F3LiN. The van der Waals surface area contributed by atoms with Crippen LogP contribution in [0.25, 0.3) is 0 Å². The zero-order valence-electron chi connectivity index (χ0n) is 6.72. The average molecular weight is 256 g/mol. The average Bonchev–Trinajstić information content (AvgIpc) is 1.97. The summed E-state index contributed by atoms with van der Waals surface area (Å²) in [5.74, 6) is 0. The van der Waals surface area contributed by atoms with E-state index in [4.69, 9.17) is 34.8 Å². The van der Waals surface area contributed by atoms with Gasteiger partial charge in [-0.15, -0.1) is 0 Å². The van der Waals surface area contributed by atoms with Gasteiger partial charge in [-0.05, 0) is 0 Å². The van der Waals surface area contributed by atoms with Crippen LogP contribution in [0.15, 0.2) is 0 Å². The van der Waals surface area contributed by atoms with Crippen LogP contribution in [0.1, 0.15) is 5.56 Å². The Morgan fingerprint density at radius 2 is 1.57 bits per heavy atom. The number of pyridine rings is 1. The summed E-state index contributed by atoms with van der Waals surface area (Å²) in [5, 5.41) is -1.16. The van der Waals surface area contributed by atoms with Gasteiger partial charge in [-0.2, -0.15) is 0 Å². The second-order valence-corrected chi connectivity index (χ2v) is 3.60. The molecule has 14 heavy (non-hydrogen) atoms. The van der Waals surface area contributed by atoms with Gasteiger partial charge in [0.2, 0.25) is 0 Å². The van der Waals surface area contributed by atoms with E-state index in [-0.39, 0.29) is 14.4 Å². The molecule has 0 saturated carbocycles. The van der Waals surface area contributed by atoms with E-state index in [1.165, 1.54) is 17.7 Å². The van der Waals surface area contributed by atoms with Crippen LogP contribution in [0.3, 0.4) is 0 Å². The number of nitrogens with zero attached hydrogens (tertiary/aromatic N) is 1. The van der Waals surface area contributed by atoms with Crippen molar-refractivity contribution in [3.8, 4) is 0 Å². The topological polar surface area (TPSA) is 12.9 Å². The van der Waals surface area contributed by atoms with E-state index in [2.05, 4.69) is 4.98 Å². The molecule has 72 valence electrons. The quantitative estimate of drug-likeness (QED) is 0.514. The predicted molar refractivity (Wildman–Crippen MR) is 49.7 cm³/mol. The molecule has 0 bridgehead atoms. The van der Waals surface area contributed by atoms with Crippen molar-refractivity contribution in [3.63, 3.8) is 0 Å². The van der Waals surface area contributed by atoms with E-state index in [9.17, 15) is 13.2 Å². The van der Waals surface area contributed by atoms with E-state index in [1.807, 2.05) is 0 Å². The number of alkyl halides is 3. The second-order valence-electron chi connectivity index (χ2n) is 2.51. The van der Waals surface area contributed by atoms with Crippen molar-refractivity contribution in [2.75, 3.05) is 0 Å². The van der Waals surface area contributed by atoms with Crippen molar-refractivity contribution >= 4 is 56.8 Å². The van der Waals surface area contributed by atoms with Gasteiger partial charge in [0, 0.05) is 0 Å². The fourth-order valence-corrected chi connectivity index (χ4v) is 1.68. The summed E-state index contributed by atoms with van der Waals surface area (Å²) in [4.78, 5) is 3.28. The van der Waals surface area contributed by atoms with Crippen LogP contribution in [-0.2, 0) is 6.18 Å². The third kappa shape index (κ3) is 2.32. The Bertz CT molecular complexity index is 380. The predicted octanol–water partition coefficient (Wildman–Crippen LogP) is 2.85. The molecule has 1 aromatic rings.